The molecule has 0 aromatic heterocycles. The second-order valence-corrected chi connectivity index (χ2v) is 2.76. The van der Waals surface area contributed by atoms with E-state index in [0.29, 0.717) is 17.3 Å². The van der Waals surface area contributed by atoms with Crippen LogP contribution in [0.3, 0.4) is 0 Å². The largest absolute Gasteiger partial charge is 0.495 e. The highest BCUT2D eigenvalue weighted by Crippen LogP contribution is 2.24. The summed E-state index contributed by atoms with van der Waals surface area (Å²) in [6.45, 7) is 3.99. The Hall–Kier alpha value is -1.02. The average Bonchev–Trinajstić information content (AvgIpc) is 2.05. The number of aliphatic imine (C=N–C) groups is 1. The minimum atomic E-state index is 0.587. The van der Waals surface area contributed by atoms with Gasteiger partial charge in [0.25, 0.3) is 0 Å². The molecule has 0 saturated carbocycles. The summed E-state index contributed by atoms with van der Waals surface area (Å²) in [6, 6.07) is 5.57. The molecule has 0 aliphatic rings. The molecule has 0 aliphatic carbocycles. The molecule has 64 valence electrons. The van der Waals surface area contributed by atoms with Gasteiger partial charge in [0, 0.05) is 0 Å². The molecule has 0 unspecified atom stereocenters. The fourth-order valence-electron chi connectivity index (χ4n) is 0.937. The van der Waals surface area contributed by atoms with Crippen LogP contribution in [0.4, 0.5) is 0 Å². The van der Waals surface area contributed by atoms with Crippen molar-refractivity contribution in [2.45, 2.75) is 6.54 Å². The van der Waals surface area contributed by atoms with Crippen molar-refractivity contribution in [1.82, 2.24) is 0 Å². The van der Waals surface area contributed by atoms with Crippen molar-refractivity contribution >= 4 is 18.3 Å². The van der Waals surface area contributed by atoms with Crippen molar-refractivity contribution in [2.75, 3.05) is 7.11 Å². The molecule has 0 atom stereocenters. The van der Waals surface area contributed by atoms with Gasteiger partial charge in [-0.2, -0.15) is 0 Å². The van der Waals surface area contributed by atoms with Gasteiger partial charge >= 0.3 is 0 Å². The van der Waals surface area contributed by atoms with E-state index >= 15 is 0 Å². The molecule has 0 fully saturated rings. The van der Waals surface area contributed by atoms with Crippen LogP contribution in [-0.4, -0.2) is 13.8 Å². The van der Waals surface area contributed by atoms with Crippen LogP contribution in [0.2, 0.25) is 5.02 Å². The van der Waals surface area contributed by atoms with Crippen molar-refractivity contribution in [1.29, 1.82) is 0 Å². The third-order valence-electron chi connectivity index (χ3n) is 1.51. The van der Waals surface area contributed by atoms with Gasteiger partial charge in [-0.1, -0.05) is 17.7 Å². The SMILES string of the molecule is C=NCc1ccc(OC)c(Cl)c1. The van der Waals surface area contributed by atoms with E-state index in [-0.39, 0.29) is 0 Å². The van der Waals surface area contributed by atoms with Gasteiger partial charge in [0.2, 0.25) is 0 Å². The average molecular weight is 184 g/mol. The Morgan fingerprint density at radius 2 is 2.33 bits per heavy atom. The second kappa shape index (κ2) is 4.12. The van der Waals surface area contributed by atoms with Crippen molar-refractivity contribution in [3.63, 3.8) is 0 Å². The van der Waals surface area contributed by atoms with Crippen LogP contribution in [0.5, 0.6) is 5.75 Å². The van der Waals surface area contributed by atoms with E-state index < -0.39 is 0 Å². The molecule has 0 N–H and O–H groups in total. The smallest absolute Gasteiger partial charge is 0.137 e. The number of rotatable bonds is 3. The lowest BCUT2D eigenvalue weighted by atomic mass is 10.2. The third kappa shape index (κ3) is 1.98. The van der Waals surface area contributed by atoms with Gasteiger partial charge in [-0.3, -0.25) is 4.99 Å². The van der Waals surface area contributed by atoms with Crippen molar-refractivity contribution in [3.05, 3.63) is 28.8 Å². The van der Waals surface area contributed by atoms with E-state index in [1.54, 1.807) is 7.11 Å². The maximum atomic E-state index is 5.88. The Morgan fingerprint density at radius 1 is 1.58 bits per heavy atom. The van der Waals surface area contributed by atoms with Crippen molar-refractivity contribution in [3.8, 4) is 5.75 Å². The summed E-state index contributed by atoms with van der Waals surface area (Å²) in [5, 5.41) is 0.610. The Kier molecular flexibility index (Phi) is 3.11. The molecule has 0 amide bonds. The molecule has 0 saturated heterocycles. The van der Waals surface area contributed by atoms with Crippen molar-refractivity contribution in [2.24, 2.45) is 4.99 Å². The predicted octanol–water partition coefficient (Wildman–Crippen LogP) is 2.55. The minimum absolute atomic E-state index is 0.587. The highest BCUT2D eigenvalue weighted by atomic mass is 35.5. The molecule has 1 aromatic rings. The van der Waals surface area contributed by atoms with Crippen LogP contribution < -0.4 is 4.74 Å². The van der Waals surface area contributed by atoms with Crippen LogP contribution in [0.1, 0.15) is 5.56 Å². The Labute approximate surface area is 76.8 Å². The fraction of sp³-hybridized carbons (Fsp3) is 0.222. The zero-order chi connectivity index (χ0) is 8.97. The topological polar surface area (TPSA) is 21.6 Å². The highest BCUT2D eigenvalue weighted by Gasteiger charge is 1.99. The molecule has 1 aromatic carbocycles. The molecule has 0 aliphatic heterocycles. The number of benzene rings is 1. The Morgan fingerprint density at radius 3 is 2.83 bits per heavy atom. The number of methoxy groups -OCH3 is 1. The molecule has 0 spiro atoms. The summed E-state index contributed by atoms with van der Waals surface area (Å²) in [4.78, 5) is 3.75. The number of ether oxygens (including phenoxy) is 1. The summed E-state index contributed by atoms with van der Waals surface area (Å²) in [7, 11) is 1.59. The monoisotopic (exact) mass is 183 g/mol. The molecular formula is C9H10ClNO. The van der Waals surface area contributed by atoms with Gasteiger partial charge in [0.1, 0.15) is 5.75 Å². The van der Waals surface area contributed by atoms with Gasteiger partial charge in [-0.05, 0) is 24.4 Å². The van der Waals surface area contributed by atoms with Crippen LogP contribution in [-0.2, 0) is 6.54 Å². The zero-order valence-electron chi connectivity index (χ0n) is 6.88. The van der Waals surface area contributed by atoms with E-state index in [9.17, 15) is 0 Å². The summed E-state index contributed by atoms with van der Waals surface area (Å²) in [5.74, 6) is 0.685. The molecule has 0 radical (unpaired) electrons. The normalized spacial score (nSPS) is 9.50. The lowest BCUT2D eigenvalue weighted by Gasteiger charge is -2.03. The first kappa shape index (κ1) is 9.07. The first-order chi connectivity index (χ1) is 5.77. The van der Waals surface area contributed by atoms with E-state index in [1.165, 1.54) is 0 Å². The number of hydrogen-bond acceptors (Lipinski definition) is 2. The molecule has 0 heterocycles. The molecule has 3 heteroatoms. The predicted molar refractivity (Wildman–Crippen MR) is 51.3 cm³/mol. The zero-order valence-corrected chi connectivity index (χ0v) is 7.64. The fourth-order valence-corrected chi connectivity index (χ4v) is 1.22. The summed E-state index contributed by atoms with van der Waals surface area (Å²) < 4.78 is 5.00. The molecule has 12 heavy (non-hydrogen) atoms. The van der Waals surface area contributed by atoms with E-state index in [0.717, 1.165) is 5.56 Å². The quantitative estimate of drug-likeness (QED) is 0.660. The third-order valence-corrected chi connectivity index (χ3v) is 1.81. The van der Waals surface area contributed by atoms with Crippen LogP contribution >= 0.6 is 11.6 Å². The molecule has 1 rings (SSSR count). The van der Waals surface area contributed by atoms with E-state index in [1.807, 2.05) is 18.2 Å². The second-order valence-electron chi connectivity index (χ2n) is 2.35. The van der Waals surface area contributed by atoms with E-state index in [4.69, 9.17) is 16.3 Å². The van der Waals surface area contributed by atoms with Gasteiger partial charge in [0.05, 0.1) is 18.7 Å². The van der Waals surface area contributed by atoms with Gasteiger partial charge in [-0.15, -0.1) is 0 Å². The standard InChI is InChI=1S/C9H10ClNO/c1-11-6-7-3-4-9(12-2)8(10)5-7/h3-5H,1,6H2,2H3. The molecule has 0 bridgehead atoms. The first-order valence-corrected chi connectivity index (χ1v) is 3.90. The van der Waals surface area contributed by atoms with Crippen molar-refractivity contribution < 1.29 is 4.74 Å². The Balaban J connectivity index is 2.93. The van der Waals surface area contributed by atoms with Gasteiger partial charge in [-0.25, -0.2) is 0 Å². The van der Waals surface area contributed by atoms with Crippen LogP contribution in [0.25, 0.3) is 0 Å². The molecular weight excluding hydrogens is 174 g/mol. The minimum Gasteiger partial charge on any atom is -0.495 e. The van der Waals surface area contributed by atoms with Gasteiger partial charge in [0.15, 0.2) is 0 Å². The summed E-state index contributed by atoms with van der Waals surface area (Å²) >= 11 is 5.88. The lowest BCUT2D eigenvalue weighted by molar-refractivity contribution is 0.415. The lowest BCUT2D eigenvalue weighted by Crippen LogP contribution is -1.86. The first-order valence-electron chi connectivity index (χ1n) is 3.53. The van der Waals surface area contributed by atoms with E-state index in [2.05, 4.69) is 11.7 Å². The van der Waals surface area contributed by atoms with Crippen LogP contribution in [0.15, 0.2) is 23.2 Å². The van der Waals surface area contributed by atoms with Crippen LogP contribution in [0, 0.1) is 0 Å². The summed E-state index contributed by atoms with van der Waals surface area (Å²) in [5.41, 5.74) is 1.04. The summed E-state index contributed by atoms with van der Waals surface area (Å²) in [6.07, 6.45) is 0. The highest BCUT2D eigenvalue weighted by molar-refractivity contribution is 6.32. The molecule has 2 nitrogen and oxygen atoms in total. The maximum Gasteiger partial charge on any atom is 0.137 e. The number of hydrogen-bond donors (Lipinski definition) is 0. The number of halogens is 1. The Bertz CT molecular complexity index is 286. The maximum absolute atomic E-state index is 5.88. The van der Waals surface area contributed by atoms with Gasteiger partial charge < -0.3 is 4.74 Å². The number of nitrogens with zero attached hydrogens (tertiary/aromatic N) is 1.